The Morgan fingerprint density at radius 2 is 2.16 bits per heavy atom. The third-order valence-corrected chi connectivity index (χ3v) is 2.82. The molecular weight excluding hydrogens is 256 g/mol. The number of nitrogens with one attached hydrogen (secondary N) is 1. The number of H-pyrrole nitrogens is 1. The minimum absolute atomic E-state index is 0.112. The van der Waals surface area contributed by atoms with Crippen LogP contribution in [0.15, 0.2) is 0 Å². The highest BCUT2D eigenvalue weighted by Gasteiger charge is 2.30. The number of fused-ring (bicyclic) bond motifs is 1. The summed E-state index contributed by atoms with van der Waals surface area (Å²) in [4.78, 5) is 13.3. The number of hydrogen-bond donors (Lipinski definition) is 1. The minimum Gasteiger partial charge on any atom is -0.444 e. The molecule has 0 spiro atoms. The Kier molecular flexibility index (Phi) is 3.47. The average molecular weight is 273 g/mol. The molecule has 19 heavy (non-hydrogen) atoms. The Morgan fingerprint density at radius 3 is 2.74 bits per heavy atom. The molecule has 1 aliphatic heterocycles. The van der Waals surface area contributed by atoms with E-state index in [-0.39, 0.29) is 12.2 Å². The van der Waals surface area contributed by atoms with E-state index in [0.29, 0.717) is 24.2 Å². The largest absolute Gasteiger partial charge is 0.444 e. The Balaban J connectivity index is 2.13. The number of amides is 1. The summed E-state index contributed by atoms with van der Waals surface area (Å²) in [6.45, 7) is 5.85. The molecule has 0 saturated heterocycles. The first-order valence-corrected chi connectivity index (χ1v) is 6.10. The second kappa shape index (κ2) is 4.79. The van der Waals surface area contributed by atoms with E-state index in [9.17, 15) is 13.6 Å². The van der Waals surface area contributed by atoms with Crippen LogP contribution in [-0.2, 0) is 17.7 Å². The molecule has 106 valence electrons. The van der Waals surface area contributed by atoms with Gasteiger partial charge in [-0.2, -0.15) is 5.10 Å². The third-order valence-electron chi connectivity index (χ3n) is 2.82. The number of aromatic nitrogens is 2. The molecule has 1 amide bonds. The molecule has 1 aromatic heterocycles. The van der Waals surface area contributed by atoms with Crippen LogP contribution in [0.3, 0.4) is 0 Å². The van der Waals surface area contributed by atoms with Crippen LogP contribution >= 0.6 is 0 Å². The van der Waals surface area contributed by atoms with E-state index in [2.05, 4.69) is 10.2 Å². The number of hydrogen-bond acceptors (Lipinski definition) is 3. The molecule has 0 saturated carbocycles. The standard InChI is InChI=1S/C12H17F2N3O2/c1-12(2,3)19-11(18)17-5-4-8-7(6-17)9(10(13)14)16-15-8/h10H,4-6H2,1-3H3,(H,15,16). The van der Waals surface area contributed by atoms with E-state index in [4.69, 9.17) is 4.74 Å². The molecular formula is C12H17F2N3O2. The lowest BCUT2D eigenvalue weighted by molar-refractivity contribution is 0.0220. The fourth-order valence-corrected chi connectivity index (χ4v) is 1.98. The van der Waals surface area contributed by atoms with E-state index < -0.39 is 18.1 Å². The molecule has 0 aromatic carbocycles. The van der Waals surface area contributed by atoms with Crippen LogP contribution in [0.1, 0.15) is 44.1 Å². The summed E-state index contributed by atoms with van der Waals surface area (Å²) in [7, 11) is 0. The highest BCUT2D eigenvalue weighted by atomic mass is 19.3. The Bertz CT molecular complexity index is 480. The SMILES string of the molecule is CC(C)(C)OC(=O)N1CCc2[nH]nc(C(F)F)c2C1. The normalized spacial score (nSPS) is 15.6. The van der Waals surface area contributed by atoms with Crippen LogP contribution in [0.5, 0.6) is 0 Å². The van der Waals surface area contributed by atoms with Crippen LogP contribution in [0, 0.1) is 0 Å². The van der Waals surface area contributed by atoms with Crippen molar-refractivity contribution in [1.29, 1.82) is 0 Å². The zero-order valence-electron chi connectivity index (χ0n) is 11.2. The maximum Gasteiger partial charge on any atom is 0.410 e. The average Bonchev–Trinajstić information content (AvgIpc) is 2.68. The summed E-state index contributed by atoms with van der Waals surface area (Å²) in [5, 5.41) is 6.22. The Hall–Kier alpha value is -1.66. The van der Waals surface area contributed by atoms with Crippen molar-refractivity contribution in [3.05, 3.63) is 17.0 Å². The van der Waals surface area contributed by atoms with E-state index in [1.54, 1.807) is 20.8 Å². The lowest BCUT2D eigenvalue weighted by Crippen LogP contribution is -2.40. The van der Waals surface area contributed by atoms with Gasteiger partial charge in [-0.05, 0) is 20.8 Å². The smallest absolute Gasteiger partial charge is 0.410 e. The first-order chi connectivity index (χ1) is 8.78. The van der Waals surface area contributed by atoms with Crippen LogP contribution in [0.25, 0.3) is 0 Å². The van der Waals surface area contributed by atoms with Crippen LogP contribution in [-0.4, -0.2) is 33.3 Å². The monoisotopic (exact) mass is 273 g/mol. The Morgan fingerprint density at radius 1 is 1.47 bits per heavy atom. The van der Waals surface area contributed by atoms with Crippen LogP contribution in [0.4, 0.5) is 13.6 Å². The summed E-state index contributed by atoms with van der Waals surface area (Å²) < 4.78 is 30.8. The highest BCUT2D eigenvalue weighted by Crippen LogP contribution is 2.28. The summed E-state index contributed by atoms with van der Waals surface area (Å²) in [6.07, 6.45) is -2.65. The number of rotatable bonds is 1. The number of alkyl halides is 2. The van der Waals surface area contributed by atoms with Crippen molar-refractivity contribution in [1.82, 2.24) is 15.1 Å². The second-order valence-corrected chi connectivity index (χ2v) is 5.52. The van der Waals surface area contributed by atoms with E-state index in [1.165, 1.54) is 4.90 Å². The number of carbonyl (C=O) groups is 1. The fraction of sp³-hybridized carbons (Fsp3) is 0.667. The number of nitrogens with zero attached hydrogens (tertiary/aromatic N) is 2. The fourth-order valence-electron chi connectivity index (χ4n) is 1.98. The van der Waals surface area contributed by atoms with E-state index >= 15 is 0 Å². The van der Waals surface area contributed by atoms with Crippen molar-refractivity contribution in [2.45, 2.75) is 45.8 Å². The van der Waals surface area contributed by atoms with E-state index in [0.717, 1.165) is 0 Å². The zero-order chi connectivity index (χ0) is 14.2. The predicted molar refractivity (Wildman–Crippen MR) is 63.9 cm³/mol. The molecule has 0 radical (unpaired) electrons. The van der Waals surface area contributed by atoms with Crippen molar-refractivity contribution in [2.75, 3.05) is 6.54 Å². The van der Waals surface area contributed by atoms with Crippen LogP contribution in [0.2, 0.25) is 0 Å². The predicted octanol–water partition coefficient (Wildman–Crippen LogP) is 2.64. The molecule has 0 atom stereocenters. The topological polar surface area (TPSA) is 58.2 Å². The maximum atomic E-state index is 12.8. The van der Waals surface area contributed by atoms with Crippen molar-refractivity contribution in [3.8, 4) is 0 Å². The first-order valence-electron chi connectivity index (χ1n) is 6.10. The number of halogens is 2. The van der Waals surface area contributed by atoms with Gasteiger partial charge in [0.25, 0.3) is 6.43 Å². The Labute approximate surface area is 109 Å². The van der Waals surface area contributed by atoms with Crippen molar-refractivity contribution in [3.63, 3.8) is 0 Å². The van der Waals surface area contributed by atoms with Crippen LogP contribution < -0.4 is 0 Å². The molecule has 2 rings (SSSR count). The molecule has 7 heteroatoms. The maximum absolute atomic E-state index is 12.8. The number of ether oxygens (including phenoxy) is 1. The molecule has 1 aliphatic rings. The summed E-state index contributed by atoms with van der Waals surface area (Å²) in [6, 6.07) is 0. The zero-order valence-corrected chi connectivity index (χ0v) is 11.2. The molecule has 0 fully saturated rings. The van der Waals surface area contributed by atoms with Gasteiger partial charge >= 0.3 is 6.09 Å². The molecule has 0 aliphatic carbocycles. The van der Waals surface area contributed by atoms with Crippen molar-refractivity contribution in [2.24, 2.45) is 0 Å². The summed E-state index contributed by atoms with van der Waals surface area (Å²) >= 11 is 0. The van der Waals surface area contributed by atoms with Crippen molar-refractivity contribution < 1.29 is 18.3 Å². The summed E-state index contributed by atoms with van der Waals surface area (Å²) in [5.41, 5.74) is 0.213. The molecule has 0 unspecified atom stereocenters. The second-order valence-electron chi connectivity index (χ2n) is 5.52. The molecule has 2 heterocycles. The van der Waals surface area contributed by atoms with Gasteiger partial charge in [0.1, 0.15) is 11.3 Å². The van der Waals surface area contributed by atoms with Gasteiger partial charge in [-0.25, -0.2) is 13.6 Å². The first kappa shape index (κ1) is 13.8. The molecule has 1 N–H and O–H groups in total. The van der Waals surface area contributed by atoms with Gasteiger partial charge in [-0.3, -0.25) is 5.10 Å². The lowest BCUT2D eigenvalue weighted by Gasteiger charge is -2.30. The lowest BCUT2D eigenvalue weighted by atomic mass is 10.1. The summed E-state index contributed by atoms with van der Waals surface area (Å²) in [5.74, 6) is 0. The minimum atomic E-state index is -2.64. The van der Waals surface area contributed by atoms with Gasteiger partial charge in [0.05, 0.1) is 6.54 Å². The molecule has 5 nitrogen and oxygen atoms in total. The molecule has 1 aromatic rings. The van der Waals surface area contributed by atoms with Gasteiger partial charge in [0, 0.05) is 24.2 Å². The van der Waals surface area contributed by atoms with Gasteiger partial charge in [-0.15, -0.1) is 0 Å². The van der Waals surface area contributed by atoms with Gasteiger partial charge in [0.2, 0.25) is 0 Å². The van der Waals surface area contributed by atoms with Crippen molar-refractivity contribution >= 4 is 6.09 Å². The quantitative estimate of drug-likeness (QED) is 0.855. The highest BCUT2D eigenvalue weighted by molar-refractivity contribution is 5.68. The third kappa shape index (κ3) is 3.02. The van der Waals surface area contributed by atoms with Gasteiger partial charge < -0.3 is 9.64 Å². The number of carbonyl (C=O) groups excluding carboxylic acids is 1. The number of aromatic amines is 1. The molecule has 0 bridgehead atoms. The van der Waals surface area contributed by atoms with Gasteiger partial charge in [0.15, 0.2) is 0 Å². The van der Waals surface area contributed by atoms with E-state index in [1.807, 2.05) is 0 Å². The van der Waals surface area contributed by atoms with Gasteiger partial charge in [-0.1, -0.05) is 0 Å².